The summed E-state index contributed by atoms with van der Waals surface area (Å²) in [6, 6.07) is 8.73. The van der Waals surface area contributed by atoms with Crippen molar-refractivity contribution < 1.29 is 14.6 Å². The highest BCUT2D eigenvalue weighted by atomic mass is 16.5. The molecule has 0 aliphatic carbocycles. The van der Waals surface area contributed by atoms with Crippen molar-refractivity contribution in [3.05, 3.63) is 36.0 Å². The van der Waals surface area contributed by atoms with Gasteiger partial charge in [-0.1, -0.05) is 0 Å². The van der Waals surface area contributed by atoms with E-state index in [1.54, 1.807) is 24.3 Å². The molecular formula is C15H19N3O3. The molecule has 1 aromatic rings. The van der Waals surface area contributed by atoms with Crippen LogP contribution in [-0.2, 0) is 4.79 Å². The largest absolute Gasteiger partial charge is 0.494 e. The van der Waals surface area contributed by atoms with Crippen molar-refractivity contribution in [2.24, 2.45) is 0 Å². The van der Waals surface area contributed by atoms with Gasteiger partial charge >= 0.3 is 0 Å². The molecule has 0 unspecified atom stereocenters. The monoisotopic (exact) mass is 289 g/mol. The fraction of sp³-hybridized carbons (Fsp3) is 0.333. The van der Waals surface area contributed by atoms with Crippen LogP contribution in [0.25, 0.3) is 0 Å². The van der Waals surface area contributed by atoms with Gasteiger partial charge in [-0.2, -0.15) is 5.26 Å². The van der Waals surface area contributed by atoms with Crippen molar-refractivity contribution >= 4 is 11.6 Å². The molecule has 0 saturated carbocycles. The van der Waals surface area contributed by atoms with Crippen LogP contribution >= 0.6 is 0 Å². The molecule has 6 nitrogen and oxygen atoms in total. The molecule has 0 fully saturated rings. The van der Waals surface area contributed by atoms with E-state index in [0.717, 1.165) is 5.75 Å². The molecule has 21 heavy (non-hydrogen) atoms. The number of nitrogens with one attached hydrogen (secondary N) is 2. The third kappa shape index (κ3) is 5.97. The summed E-state index contributed by atoms with van der Waals surface area (Å²) in [4.78, 5) is 11.9. The lowest BCUT2D eigenvalue weighted by Gasteiger charge is -2.07. The van der Waals surface area contributed by atoms with Gasteiger partial charge in [0.15, 0.2) is 0 Å². The second kappa shape index (κ2) is 9.39. The number of aliphatic hydroxyl groups is 1. The van der Waals surface area contributed by atoms with E-state index < -0.39 is 5.91 Å². The van der Waals surface area contributed by atoms with Gasteiger partial charge in [-0.3, -0.25) is 4.79 Å². The minimum atomic E-state index is -0.488. The number of nitrogens with zero attached hydrogens (tertiary/aromatic N) is 1. The first-order valence-corrected chi connectivity index (χ1v) is 6.70. The molecule has 0 atom stereocenters. The predicted molar refractivity (Wildman–Crippen MR) is 79.6 cm³/mol. The van der Waals surface area contributed by atoms with Crippen LogP contribution in [0.4, 0.5) is 5.69 Å². The molecule has 0 bridgehead atoms. The van der Waals surface area contributed by atoms with Gasteiger partial charge in [-0.25, -0.2) is 0 Å². The van der Waals surface area contributed by atoms with Gasteiger partial charge in [-0.15, -0.1) is 0 Å². The van der Waals surface area contributed by atoms with Crippen molar-refractivity contribution in [3.8, 4) is 11.8 Å². The number of hydrogen-bond donors (Lipinski definition) is 3. The van der Waals surface area contributed by atoms with Crippen molar-refractivity contribution in [1.82, 2.24) is 5.32 Å². The van der Waals surface area contributed by atoms with Crippen molar-refractivity contribution in [2.75, 3.05) is 25.1 Å². The SMILES string of the molecule is CCOc1ccc(NC(=O)/C(C#N)=C\NCCCO)cc1. The summed E-state index contributed by atoms with van der Waals surface area (Å²) in [5, 5.41) is 23.0. The van der Waals surface area contributed by atoms with Crippen molar-refractivity contribution in [1.29, 1.82) is 5.26 Å². The highest BCUT2D eigenvalue weighted by Crippen LogP contribution is 2.16. The lowest BCUT2D eigenvalue weighted by Crippen LogP contribution is -2.17. The molecule has 3 N–H and O–H groups in total. The van der Waals surface area contributed by atoms with Gasteiger partial charge < -0.3 is 20.5 Å². The van der Waals surface area contributed by atoms with Crippen LogP contribution in [0.15, 0.2) is 36.0 Å². The topological polar surface area (TPSA) is 94.4 Å². The molecule has 1 aromatic carbocycles. The minimum absolute atomic E-state index is 0.0261. The zero-order valence-electron chi connectivity index (χ0n) is 11.9. The maximum atomic E-state index is 11.9. The van der Waals surface area contributed by atoms with Crippen LogP contribution in [-0.4, -0.2) is 30.8 Å². The average molecular weight is 289 g/mol. The zero-order chi connectivity index (χ0) is 15.5. The number of rotatable bonds is 8. The molecule has 0 aliphatic heterocycles. The van der Waals surface area contributed by atoms with E-state index in [9.17, 15) is 4.79 Å². The molecule has 0 heterocycles. The van der Waals surface area contributed by atoms with E-state index in [4.69, 9.17) is 15.1 Å². The highest BCUT2D eigenvalue weighted by molar-refractivity contribution is 6.06. The van der Waals surface area contributed by atoms with E-state index >= 15 is 0 Å². The maximum absolute atomic E-state index is 11.9. The van der Waals surface area contributed by atoms with Crippen molar-refractivity contribution in [3.63, 3.8) is 0 Å². The number of aliphatic hydroxyl groups excluding tert-OH is 1. The van der Waals surface area contributed by atoms with E-state index in [1.165, 1.54) is 6.20 Å². The van der Waals surface area contributed by atoms with Crippen LogP contribution in [0.1, 0.15) is 13.3 Å². The normalized spacial score (nSPS) is 10.6. The highest BCUT2D eigenvalue weighted by Gasteiger charge is 2.09. The second-order valence-electron chi connectivity index (χ2n) is 4.11. The third-order valence-corrected chi connectivity index (χ3v) is 2.51. The van der Waals surface area contributed by atoms with Crippen molar-refractivity contribution in [2.45, 2.75) is 13.3 Å². The number of carbonyl (C=O) groups excluding carboxylic acids is 1. The van der Waals surface area contributed by atoms with E-state index in [-0.39, 0.29) is 12.2 Å². The van der Waals surface area contributed by atoms with E-state index in [1.807, 2.05) is 13.0 Å². The third-order valence-electron chi connectivity index (χ3n) is 2.51. The Hall–Kier alpha value is -2.52. The molecule has 0 spiro atoms. The standard InChI is InChI=1S/C15H19N3O3/c1-2-21-14-6-4-13(5-7-14)18-15(20)12(10-16)11-17-8-3-9-19/h4-7,11,17,19H,2-3,8-9H2,1H3,(H,18,20)/b12-11-. The maximum Gasteiger partial charge on any atom is 0.267 e. The quantitative estimate of drug-likeness (QED) is 0.382. The zero-order valence-corrected chi connectivity index (χ0v) is 11.9. The van der Waals surface area contributed by atoms with Gasteiger partial charge in [0.2, 0.25) is 0 Å². The Labute approximate surface area is 124 Å². The van der Waals surface area contributed by atoms with Gasteiger partial charge in [-0.05, 0) is 37.6 Å². The summed E-state index contributed by atoms with van der Waals surface area (Å²) in [6.07, 6.45) is 1.90. The number of anilines is 1. The first kappa shape index (κ1) is 16.5. The molecule has 0 aliphatic rings. The fourth-order valence-electron chi connectivity index (χ4n) is 1.50. The molecule has 112 valence electrons. The summed E-state index contributed by atoms with van der Waals surface area (Å²) in [6.45, 7) is 3.02. The molecule has 1 amide bonds. The molecule has 0 saturated heterocycles. The van der Waals surface area contributed by atoms with Gasteiger partial charge in [0.25, 0.3) is 5.91 Å². The Morgan fingerprint density at radius 1 is 1.43 bits per heavy atom. The molecule has 6 heteroatoms. The van der Waals surface area contributed by atoms with E-state index in [0.29, 0.717) is 25.3 Å². The smallest absolute Gasteiger partial charge is 0.267 e. The number of carbonyl (C=O) groups is 1. The van der Waals surface area contributed by atoms with Crippen LogP contribution < -0.4 is 15.4 Å². The van der Waals surface area contributed by atoms with Gasteiger partial charge in [0.1, 0.15) is 17.4 Å². The number of ether oxygens (including phenoxy) is 1. The van der Waals surface area contributed by atoms with Crippen LogP contribution in [0, 0.1) is 11.3 Å². The van der Waals surface area contributed by atoms with Crippen LogP contribution in [0.5, 0.6) is 5.75 Å². The summed E-state index contributed by atoms with van der Waals surface area (Å²) < 4.78 is 5.30. The van der Waals surface area contributed by atoms with Crippen LogP contribution in [0.3, 0.4) is 0 Å². The number of amides is 1. The average Bonchev–Trinajstić information content (AvgIpc) is 2.49. The summed E-state index contributed by atoms with van der Waals surface area (Å²) >= 11 is 0. The minimum Gasteiger partial charge on any atom is -0.494 e. The molecule has 0 radical (unpaired) electrons. The Morgan fingerprint density at radius 2 is 2.14 bits per heavy atom. The van der Waals surface area contributed by atoms with Gasteiger partial charge in [0.05, 0.1) is 6.61 Å². The molecule has 0 aromatic heterocycles. The number of nitriles is 1. The Kier molecular flexibility index (Phi) is 7.40. The summed E-state index contributed by atoms with van der Waals surface area (Å²) in [5.74, 6) is 0.232. The Bertz CT molecular complexity index is 518. The molecule has 1 rings (SSSR count). The Morgan fingerprint density at radius 3 is 2.71 bits per heavy atom. The molecular weight excluding hydrogens is 270 g/mol. The lowest BCUT2D eigenvalue weighted by molar-refractivity contribution is -0.112. The number of benzene rings is 1. The van der Waals surface area contributed by atoms with Gasteiger partial charge in [0, 0.05) is 25.0 Å². The first-order valence-electron chi connectivity index (χ1n) is 6.70. The fourth-order valence-corrected chi connectivity index (χ4v) is 1.50. The predicted octanol–water partition coefficient (Wildman–Crippen LogP) is 1.40. The summed E-state index contributed by atoms with van der Waals surface area (Å²) in [5.41, 5.74) is 0.557. The van der Waals surface area contributed by atoms with Crippen LogP contribution in [0.2, 0.25) is 0 Å². The Balaban J connectivity index is 2.59. The van der Waals surface area contributed by atoms with E-state index in [2.05, 4.69) is 10.6 Å². The second-order valence-corrected chi connectivity index (χ2v) is 4.11. The first-order chi connectivity index (χ1) is 10.2. The lowest BCUT2D eigenvalue weighted by atomic mass is 10.2. The number of hydrogen-bond acceptors (Lipinski definition) is 5. The summed E-state index contributed by atoms with van der Waals surface area (Å²) in [7, 11) is 0.